The minimum Gasteiger partial charge on any atom is -0.353 e. The summed E-state index contributed by atoms with van der Waals surface area (Å²) in [5.41, 5.74) is -0.297. The first kappa shape index (κ1) is 15.7. The first-order chi connectivity index (χ1) is 9.45. The Labute approximate surface area is 122 Å². The Balaban J connectivity index is 1.63. The van der Waals surface area contributed by atoms with Crippen LogP contribution in [-0.4, -0.2) is 56.0 Å². The highest BCUT2D eigenvalue weighted by Gasteiger charge is 2.27. The summed E-state index contributed by atoms with van der Waals surface area (Å²) >= 11 is 0. The van der Waals surface area contributed by atoms with Crippen LogP contribution in [0.2, 0.25) is 0 Å². The van der Waals surface area contributed by atoms with E-state index in [1.807, 2.05) is 20.8 Å². The third-order valence-electron chi connectivity index (χ3n) is 3.98. The summed E-state index contributed by atoms with van der Waals surface area (Å²) in [7, 11) is 0. The summed E-state index contributed by atoms with van der Waals surface area (Å²) in [4.78, 5) is 14.4. The first-order valence-electron chi connectivity index (χ1n) is 7.71. The minimum atomic E-state index is -0.297. The van der Waals surface area contributed by atoms with Crippen molar-refractivity contribution >= 4 is 5.91 Å². The zero-order chi connectivity index (χ0) is 14.6. The summed E-state index contributed by atoms with van der Waals surface area (Å²) < 4.78 is 10.9. The van der Waals surface area contributed by atoms with Crippen LogP contribution in [0.25, 0.3) is 0 Å². The number of hydrogen-bond acceptors (Lipinski definition) is 4. The molecule has 0 aromatic carbocycles. The average molecular weight is 284 g/mol. The van der Waals surface area contributed by atoms with Gasteiger partial charge < -0.3 is 19.7 Å². The second kappa shape index (κ2) is 6.87. The van der Waals surface area contributed by atoms with Crippen LogP contribution in [0.1, 0.15) is 40.0 Å². The second-order valence-corrected chi connectivity index (χ2v) is 6.80. The third-order valence-corrected chi connectivity index (χ3v) is 3.98. The van der Waals surface area contributed by atoms with Crippen molar-refractivity contribution in [3.63, 3.8) is 0 Å². The van der Waals surface area contributed by atoms with Crippen LogP contribution in [0.15, 0.2) is 0 Å². The van der Waals surface area contributed by atoms with E-state index in [0.717, 1.165) is 52.1 Å². The molecule has 0 aromatic rings. The smallest absolute Gasteiger partial charge is 0.225 e. The van der Waals surface area contributed by atoms with E-state index < -0.39 is 0 Å². The van der Waals surface area contributed by atoms with Gasteiger partial charge in [-0.25, -0.2) is 0 Å². The van der Waals surface area contributed by atoms with E-state index in [4.69, 9.17) is 9.47 Å². The maximum absolute atomic E-state index is 12.0. The molecule has 0 bridgehead atoms. The molecule has 2 aliphatic rings. The quantitative estimate of drug-likeness (QED) is 0.847. The van der Waals surface area contributed by atoms with E-state index >= 15 is 0 Å². The number of hydrogen-bond donors (Lipinski definition) is 1. The van der Waals surface area contributed by atoms with Gasteiger partial charge in [-0.2, -0.15) is 0 Å². The fourth-order valence-corrected chi connectivity index (χ4v) is 2.56. The number of carbonyl (C=O) groups is 1. The Kier molecular flexibility index (Phi) is 5.41. The van der Waals surface area contributed by atoms with Crippen molar-refractivity contribution in [1.29, 1.82) is 0 Å². The van der Waals surface area contributed by atoms with Gasteiger partial charge in [0.05, 0.1) is 13.2 Å². The Hall–Kier alpha value is -0.650. The van der Waals surface area contributed by atoms with Gasteiger partial charge >= 0.3 is 0 Å². The van der Waals surface area contributed by atoms with Crippen LogP contribution in [0, 0.1) is 5.41 Å². The molecular weight excluding hydrogens is 256 g/mol. The van der Waals surface area contributed by atoms with E-state index in [1.165, 1.54) is 0 Å². The van der Waals surface area contributed by atoms with Gasteiger partial charge in [-0.1, -0.05) is 20.8 Å². The number of likely N-dealkylation sites (tertiary alicyclic amines) is 1. The predicted molar refractivity (Wildman–Crippen MR) is 77.4 cm³/mol. The summed E-state index contributed by atoms with van der Waals surface area (Å²) in [6.45, 7) is 10.4. The zero-order valence-electron chi connectivity index (χ0n) is 13.0. The molecular formula is C15H28N2O3. The highest BCUT2D eigenvalue weighted by molar-refractivity contribution is 5.81. The number of rotatable bonds is 4. The number of amides is 1. The molecule has 116 valence electrons. The van der Waals surface area contributed by atoms with Crippen LogP contribution in [-0.2, 0) is 14.3 Å². The maximum Gasteiger partial charge on any atom is 0.225 e. The standard InChI is InChI=1S/C15H28N2O3/c1-15(2,3)14(18)16-12-4-7-17(8-5-12)9-6-13-19-10-11-20-13/h12-13H,4-11H2,1-3H3,(H,16,18). The number of ether oxygens (including phenoxy) is 2. The van der Waals surface area contributed by atoms with E-state index in [1.54, 1.807) is 0 Å². The van der Waals surface area contributed by atoms with Gasteiger partial charge in [-0.05, 0) is 12.8 Å². The highest BCUT2D eigenvalue weighted by Crippen LogP contribution is 2.17. The molecule has 0 spiro atoms. The normalized spacial score (nSPS) is 23.1. The van der Waals surface area contributed by atoms with Crippen molar-refractivity contribution in [2.75, 3.05) is 32.8 Å². The van der Waals surface area contributed by atoms with Crippen LogP contribution in [0.4, 0.5) is 0 Å². The fraction of sp³-hybridized carbons (Fsp3) is 0.933. The average Bonchev–Trinajstić information content (AvgIpc) is 2.90. The summed E-state index contributed by atoms with van der Waals surface area (Å²) in [6.07, 6.45) is 3.01. The van der Waals surface area contributed by atoms with Gasteiger partial charge in [0.15, 0.2) is 6.29 Å². The van der Waals surface area contributed by atoms with Crippen molar-refractivity contribution in [3.8, 4) is 0 Å². The molecule has 2 saturated heterocycles. The van der Waals surface area contributed by atoms with Crippen molar-refractivity contribution in [1.82, 2.24) is 10.2 Å². The number of piperidine rings is 1. The van der Waals surface area contributed by atoms with Gasteiger partial charge in [0, 0.05) is 37.5 Å². The lowest BCUT2D eigenvalue weighted by Crippen LogP contribution is -2.48. The molecule has 2 rings (SSSR count). The van der Waals surface area contributed by atoms with Crippen LogP contribution in [0.5, 0.6) is 0 Å². The van der Waals surface area contributed by atoms with E-state index in [2.05, 4.69) is 10.2 Å². The minimum absolute atomic E-state index is 0.00619. The third kappa shape index (κ3) is 4.72. The Bertz CT molecular complexity index is 314. The van der Waals surface area contributed by atoms with Crippen molar-refractivity contribution in [2.45, 2.75) is 52.4 Å². The van der Waals surface area contributed by atoms with Crippen LogP contribution < -0.4 is 5.32 Å². The molecule has 2 heterocycles. The molecule has 5 nitrogen and oxygen atoms in total. The van der Waals surface area contributed by atoms with Crippen molar-refractivity contribution in [3.05, 3.63) is 0 Å². The number of nitrogens with one attached hydrogen (secondary N) is 1. The molecule has 1 N–H and O–H groups in total. The molecule has 0 saturated carbocycles. The summed E-state index contributed by atoms with van der Waals surface area (Å²) in [5, 5.41) is 3.16. The van der Waals surface area contributed by atoms with Gasteiger partial charge in [-0.3, -0.25) is 4.79 Å². The predicted octanol–water partition coefficient (Wildman–Crippen LogP) is 1.38. The van der Waals surface area contributed by atoms with E-state index in [-0.39, 0.29) is 17.6 Å². The Morgan fingerprint density at radius 3 is 2.35 bits per heavy atom. The highest BCUT2D eigenvalue weighted by atomic mass is 16.7. The Morgan fingerprint density at radius 2 is 1.80 bits per heavy atom. The molecule has 1 amide bonds. The first-order valence-corrected chi connectivity index (χ1v) is 7.71. The SMILES string of the molecule is CC(C)(C)C(=O)NC1CCN(CCC2OCCO2)CC1. The number of nitrogens with zero attached hydrogens (tertiary/aromatic N) is 1. The molecule has 0 aromatic heterocycles. The van der Waals surface area contributed by atoms with E-state index in [9.17, 15) is 4.79 Å². The van der Waals surface area contributed by atoms with Gasteiger partial charge in [-0.15, -0.1) is 0 Å². The molecule has 0 aliphatic carbocycles. The van der Waals surface area contributed by atoms with Crippen LogP contribution in [0.3, 0.4) is 0 Å². The molecule has 0 unspecified atom stereocenters. The lowest BCUT2D eigenvalue weighted by molar-refractivity contribution is -0.129. The van der Waals surface area contributed by atoms with E-state index in [0.29, 0.717) is 6.04 Å². The summed E-state index contributed by atoms with van der Waals surface area (Å²) in [5.74, 6) is 0.156. The van der Waals surface area contributed by atoms with Gasteiger partial charge in [0.25, 0.3) is 0 Å². The molecule has 2 fully saturated rings. The molecule has 0 radical (unpaired) electrons. The lowest BCUT2D eigenvalue weighted by Gasteiger charge is -2.34. The van der Waals surface area contributed by atoms with Gasteiger partial charge in [0.2, 0.25) is 5.91 Å². The van der Waals surface area contributed by atoms with Gasteiger partial charge in [0.1, 0.15) is 0 Å². The summed E-state index contributed by atoms with van der Waals surface area (Å²) in [6, 6.07) is 0.331. The zero-order valence-corrected chi connectivity index (χ0v) is 13.0. The lowest BCUT2D eigenvalue weighted by atomic mass is 9.94. The topological polar surface area (TPSA) is 50.8 Å². The Morgan fingerprint density at radius 1 is 1.20 bits per heavy atom. The monoisotopic (exact) mass is 284 g/mol. The second-order valence-electron chi connectivity index (χ2n) is 6.80. The van der Waals surface area contributed by atoms with Crippen LogP contribution >= 0.6 is 0 Å². The molecule has 5 heteroatoms. The number of carbonyl (C=O) groups excluding carboxylic acids is 1. The molecule has 0 atom stereocenters. The maximum atomic E-state index is 12.0. The van der Waals surface area contributed by atoms with Crippen molar-refractivity contribution < 1.29 is 14.3 Å². The largest absolute Gasteiger partial charge is 0.353 e. The fourth-order valence-electron chi connectivity index (χ4n) is 2.56. The molecule has 2 aliphatic heterocycles. The molecule has 20 heavy (non-hydrogen) atoms. The van der Waals surface area contributed by atoms with Crippen molar-refractivity contribution in [2.24, 2.45) is 5.41 Å².